The molecule has 0 aliphatic heterocycles. The number of hydrogen-bond donors (Lipinski definition) is 2. The van der Waals surface area contributed by atoms with Crippen molar-refractivity contribution < 1.29 is 10.2 Å². The van der Waals surface area contributed by atoms with Gasteiger partial charge in [0.25, 0.3) is 0 Å². The SMILES string of the molecule is OCC#CC#C[C@H](O)C1CCCCC1. The number of hydrogen-bond acceptors (Lipinski definition) is 2. The first-order chi connectivity index (χ1) is 6.84. The van der Waals surface area contributed by atoms with Gasteiger partial charge in [0.2, 0.25) is 0 Å². The van der Waals surface area contributed by atoms with E-state index in [1.54, 1.807) is 0 Å². The topological polar surface area (TPSA) is 40.5 Å². The Balaban J connectivity index is 2.38. The summed E-state index contributed by atoms with van der Waals surface area (Å²) in [6, 6.07) is 0. The Kier molecular flexibility index (Phi) is 5.15. The molecule has 0 saturated heterocycles. The van der Waals surface area contributed by atoms with Gasteiger partial charge in [-0.05, 0) is 30.6 Å². The molecule has 1 aliphatic carbocycles. The fourth-order valence-electron chi connectivity index (χ4n) is 1.76. The maximum absolute atomic E-state index is 9.67. The first-order valence-electron chi connectivity index (χ1n) is 5.12. The molecule has 0 aromatic carbocycles. The van der Waals surface area contributed by atoms with Gasteiger partial charge in [0, 0.05) is 0 Å². The second-order valence-corrected chi connectivity index (χ2v) is 3.57. The van der Waals surface area contributed by atoms with Gasteiger partial charge in [-0.3, -0.25) is 0 Å². The van der Waals surface area contributed by atoms with Crippen molar-refractivity contribution in [2.75, 3.05) is 6.61 Å². The Morgan fingerprint density at radius 1 is 1.14 bits per heavy atom. The lowest BCUT2D eigenvalue weighted by Crippen LogP contribution is -2.20. The third-order valence-corrected chi connectivity index (χ3v) is 2.55. The van der Waals surface area contributed by atoms with Gasteiger partial charge in [-0.25, -0.2) is 0 Å². The van der Waals surface area contributed by atoms with E-state index in [9.17, 15) is 5.11 Å². The van der Waals surface area contributed by atoms with Crippen molar-refractivity contribution in [3.63, 3.8) is 0 Å². The molecule has 2 nitrogen and oxygen atoms in total. The van der Waals surface area contributed by atoms with Crippen LogP contribution in [-0.2, 0) is 0 Å². The summed E-state index contributed by atoms with van der Waals surface area (Å²) in [6.45, 7) is -0.172. The van der Waals surface area contributed by atoms with Crippen LogP contribution in [0.4, 0.5) is 0 Å². The van der Waals surface area contributed by atoms with E-state index in [2.05, 4.69) is 23.7 Å². The van der Waals surface area contributed by atoms with E-state index in [1.807, 2.05) is 0 Å². The standard InChI is InChI=1S/C12H16O2/c13-10-6-2-5-9-12(14)11-7-3-1-4-8-11/h11-14H,1,3-4,7-8,10H2/t12-/m0/s1. The summed E-state index contributed by atoms with van der Waals surface area (Å²) >= 11 is 0. The minimum atomic E-state index is -0.539. The lowest BCUT2D eigenvalue weighted by molar-refractivity contribution is 0.133. The van der Waals surface area contributed by atoms with Crippen molar-refractivity contribution in [3.05, 3.63) is 0 Å². The average Bonchev–Trinajstić information content (AvgIpc) is 2.25. The molecule has 0 aromatic heterocycles. The number of aliphatic hydroxyl groups is 2. The Bertz CT molecular complexity index is 268. The molecule has 0 amide bonds. The van der Waals surface area contributed by atoms with Crippen LogP contribution in [0.5, 0.6) is 0 Å². The quantitative estimate of drug-likeness (QED) is 0.607. The predicted molar refractivity (Wildman–Crippen MR) is 55.2 cm³/mol. The van der Waals surface area contributed by atoms with Crippen molar-refractivity contribution in [2.45, 2.75) is 38.2 Å². The molecule has 2 N–H and O–H groups in total. The molecule has 0 radical (unpaired) electrons. The van der Waals surface area contributed by atoms with E-state index in [0.717, 1.165) is 12.8 Å². The van der Waals surface area contributed by atoms with Crippen LogP contribution in [0.15, 0.2) is 0 Å². The van der Waals surface area contributed by atoms with Crippen LogP contribution in [0.2, 0.25) is 0 Å². The first-order valence-corrected chi connectivity index (χ1v) is 5.12. The van der Waals surface area contributed by atoms with E-state index in [0.29, 0.717) is 5.92 Å². The van der Waals surface area contributed by atoms with Crippen LogP contribution in [0.25, 0.3) is 0 Å². The Morgan fingerprint density at radius 2 is 1.86 bits per heavy atom. The zero-order valence-electron chi connectivity index (χ0n) is 8.29. The zero-order chi connectivity index (χ0) is 10.2. The van der Waals surface area contributed by atoms with Gasteiger partial charge in [0.05, 0.1) is 0 Å². The van der Waals surface area contributed by atoms with Gasteiger partial charge < -0.3 is 10.2 Å². The molecule has 0 spiro atoms. The highest BCUT2D eigenvalue weighted by Crippen LogP contribution is 2.25. The monoisotopic (exact) mass is 192 g/mol. The van der Waals surface area contributed by atoms with E-state index in [1.165, 1.54) is 19.3 Å². The molecule has 0 aromatic rings. The van der Waals surface area contributed by atoms with Crippen LogP contribution in [-0.4, -0.2) is 22.9 Å². The van der Waals surface area contributed by atoms with Crippen LogP contribution in [0, 0.1) is 29.6 Å². The molecule has 1 fully saturated rings. The largest absolute Gasteiger partial charge is 0.384 e. The predicted octanol–water partition coefficient (Wildman–Crippen LogP) is 0.927. The molecular weight excluding hydrogens is 176 g/mol. The molecule has 76 valence electrons. The van der Waals surface area contributed by atoms with Crippen LogP contribution in [0.3, 0.4) is 0 Å². The zero-order valence-corrected chi connectivity index (χ0v) is 8.29. The second-order valence-electron chi connectivity index (χ2n) is 3.57. The van der Waals surface area contributed by atoms with Crippen molar-refractivity contribution >= 4 is 0 Å². The van der Waals surface area contributed by atoms with Crippen molar-refractivity contribution in [2.24, 2.45) is 5.92 Å². The maximum Gasteiger partial charge on any atom is 0.118 e. The highest BCUT2D eigenvalue weighted by atomic mass is 16.3. The van der Waals surface area contributed by atoms with Crippen molar-refractivity contribution in [3.8, 4) is 23.7 Å². The van der Waals surface area contributed by atoms with Crippen LogP contribution < -0.4 is 0 Å². The molecule has 1 aliphatic rings. The number of aliphatic hydroxyl groups excluding tert-OH is 2. The van der Waals surface area contributed by atoms with Gasteiger partial charge in [-0.2, -0.15) is 0 Å². The molecule has 1 saturated carbocycles. The fourth-order valence-corrected chi connectivity index (χ4v) is 1.76. The van der Waals surface area contributed by atoms with Crippen molar-refractivity contribution in [1.29, 1.82) is 0 Å². The van der Waals surface area contributed by atoms with Gasteiger partial charge in [-0.15, -0.1) is 0 Å². The maximum atomic E-state index is 9.67. The summed E-state index contributed by atoms with van der Waals surface area (Å²) in [5.41, 5.74) is 0. The van der Waals surface area contributed by atoms with Gasteiger partial charge >= 0.3 is 0 Å². The van der Waals surface area contributed by atoms with Gasteiger partial charge in [-0.1, -0.05) is 31.1 Å². The summed E-state index contributed by atoms with van der Waals surface area (Å²) in [7, 11) is 0. The Morgan fingerprint density at radius 3 is 2.50 bits per heavy atom. The summed E-state index contributed by atoms with van der Waals surface area (Å²) in [5, 5.41) is 18.0. The highest BCUT2D eigenvalue weighted by Gasteiger charge is 2.19. The smallest absolute Gasteiger partial charge is 0.118 e. The molecule has 14 heavy (non-hydrogen) atoms. The van der Waals surface area contributed by atoms with E-state index in [-0.39, 0.29) is 6.61 Å². The average molecular weight is 192 g/mol. The normalized spacial score (nSPS) is 18.7. The molecular formula is C12H16O2. The van der Waals surface area contributed by atoms with E-state index in [4.69, 9.17) is 5.11 Å². The third-order valence-electron chi connectivity index (χ3n) is 2.55. The molecule has 1 atom stereocenters. The Hall–Kier alpha value is -0.960. The molecule has 0 unspecified atom stereocenters. The van der Waals surface area contributed by atoms with E-state index < -0.39 is 6.10 Å². The number of rotatable bonds is 1. The summed E-state index contributed by atoms with van der Waals surface area (Å²) < 4.78 is 0. The van der Waals surface area contributed by atoms with Crippen molar-refractivity contribution in [1.82, 2.24) is 0 Å². The summed E-state index contributed by atoms with van der Waals surface area (Å²) in [5.74, 6) is 10.5. The second kappa shape index (κ2) is 6.49. The summed E-state index contributed by atoms with van der Waals surface area (Å²) in [6.07, 6.45) is 5.29. The fraction of sp³-hybridized carbons (Fsp3) is 0.667. The third kappa shape index (κ3) is 3.83. The first kappa shape index (κ1) is 11.1. The molecule has 0 heterocycles. The molecule has 2 heteroatoms. The van der Waals surface area contributed by atoms with Crippen LogP contribution >= 0.6 is 0 Å². The van der Waals surface area contributed by atoms with Gasteiger partial charge in [0.1, 0.15) is 12.7 Å². The van der Waals surface area contributed by atoms with Gasteiger partial charge in [0.15, 0.2) is 0 Å². The minimum absolute atomic E-state index is 0.172. The molecule has 1 rings (SSSR count). The minimum Gasteiger partial charge on any atom is -0.384 e. The summed E-state index contributed by atoms with van der Waals surface area (Å²) in [4.78, 5) is 0. The lowest BCUT2D eigenvalue weighted by Gasteiger charge is -2.22. The van der Waals surface area contributed by atoms with Crippen LogP contribution in [0.1, 0.15) is 32.1 Å². The Labute approximate surface area is 85.3 Å². The van der Waals surface area contributed by atoms with E-state index >= 15 is 0 Å². The highest BCUT2D eigenvalue weighted by molar-refractivity contribution is 5.27. The lowest BCUT2D eigenvalue weighted by atomic mass is 9.85. The molecule has 0 bridgehead atoms.